The lowest BCUT2D eigenvalue weighted by atomic mass is 9.90. The molecule has 3 amide bonds. The minimum Gasteiger partial charge on any atom is -0.495 e. The number of hydrazine groups is 1. The quantitative estimate of drug-likeness (QED) is 0.0348. The number of allylic oxidation sites excluding steroid dienone is 3. The van der Waals surface area contributed by atoms with Gasteiger partial charge in [0.2, 0.25) is 11.8 Å². The van der Waals surface area contributed by atoms with Crippen molar-refractivity contribution in [3.63, 3.8) is 0 Å². The number of anilines is 1. The number of halogens is 5. The summed E-state index contributed by atoms with van der Waals surface area (Å²) in [5, 5.41) is 14.2. The molecule has 0 aromatic heterocycles. The molecule has 0 spiro atoms. The Morgan fingerprint density at radius 1 is 1.21 bits per heavy atom. The van der Waals surface area contributed by atoms with Crippen LogP contribution in [0.1, 0.15) is 57.9 Å². The van der Waals surface area contributed by atoms with E-state index < -0.39 is 78.9 Å². The number of ether oxygens (including phenoxy) is 5. The first kappa shape index (κ1) is 51.1. The van der Waals surface area contributed by atoms with Crippen molar-refractivity contribution in [3.8, 4) is 5.75 Å². The van der Waals surface area contributed by atoms with Gasteiger partial charge in [-0.05, 0) is 57.9 Å². The van der Waals surface area contributed by atoms with E-state index >= 15 is 0 Å². The molecular weight excluding hydrogens is 982 g/mol. The standard InChI is InChI=1S/C39H54ClF3IN5O10S2/c1-23-10-8-11-29(56-7)38(54)21-25(57-36(53)45-38)19-31-37(2,59-31)30(20-33(51)48(4)26-17-24(16-23)18-27(55-6)35(26)40)58-34(52)22-47(3)28(39(41,42)43)13-15-61-60-14-9-12-32(50)46-49(5)44/h8,10-11,17-18,25,28-31,54H,9,12-16,19-22H2,1-7H3,(H,45,53)(H,46,50)/b11-8+,23-10+/t25-,28?,29-,30+,31+,37+,38+/m1/s1. The topological polar surface area (TPSA) is 172 Å². The summed E-state index contributed by atoms with van der Waals surface area (Å²) < 4.78 is 73.1. The van der Waals surface area contributed by atoms with E-state index in [1.807, 2.05) is 35.9 Å². The van der Waals surface area contributed by atoms with Crippen molar-refractivity contribution < 1.29 is 61.1 Å². The van der Waals surface area contributed by atoms with Gasteiger partial charge in [0, 0.05) is 74.8 Å². The minimum atomic E-state index is -4.67. The fourth-order valence-corrected chi connectivity index (χ4v) is 9.94. The second-order valence-electron chi connectivity index (χ2n) is 15.3. The zero-order valence-electron chi connectivity index (χ0n) is 35.0. The van der Waals surface area contributed by atoms with Crippen molar-refractivity contribution in [2.45, 2.75) is 107 Å². The molecule has 3 aliphatic rings. The number of alkyl halides is 3. The number of likely N-dealkylation sites (N-methyl/N-ethyl adjacent to an activating group) is 1. The number of carbonyl (C=O) groups is 4. The number of hydrogen-bond acceptors (Lipinski definition) is 14. The van der Waals surface area contributed by atoms with Gasteiger partial charge in [0.15, 0.2) is 5.72 Å². The summed E-state index contributed by atoms with van der Waals surface area (Å²) in [4.78, 5) is 54.4. The predicted octanol–water partition coefficient (Wildman–Crippen LogP) is 6.15. The minimum absolute atomic E-state index is 0.0171. The molecule has 3 heterocycles. The van der Waals surface area contributed by atoms with Crippen molar-refractivity contribution in [2.75, 3.05) is 58.3 Å². The molecule has 0 saturated carbocycles. The Morgan fingerprint density at radius 3 is 2.57 bits per heavy atom. The highest BCUT2D eigenvalue weighted by Gasteiger charge is 2.61. The molecule has 4 rings (SSSR count). The van der Waals surface area contributed by atoms with E-state index in [0.29, 0.717) is 30.0 Å². The molecular formula is C39H54ClF3IN5O10S2. The molecule has 2 saturated heterocycles. The molecule has 1 aromatic rings. The Bertz CT molecular complexity index is 1800. The third-order valence-electron chi connectivity index (χ3n) is 10.5. The van der Waals surface area contributed by atoms with E-state index in [0.717, 1.165) is 16.0 Å². The number of nitrogens with zero attached hydrogens (tertiary/aromatic N) is 3. The highest BCUT2D eigenvalue weighted by Crippen LogP contribution is 2.47. The van der Waals surface area contributed by atoms with E-state index in [9.17, 15) is 37.5 Å². The van der Waals surface area contributed by atoms with Crippen LogP contribution < -0.4 is 20.4 Å². The fraction of sp³-hybridized carbons (Fsp3) is 0.641. The first-order chi connectivity index (χ1) is 28.6. The van der Waals surface area contributed by atoms with E-state index in [1.165, 1.54) is 58.0 Å². The summed E-state index contributed by atoms with van der Waals surface area (Å²) in [7, 11) is 9.79. The number of esters is 1. The highest BCUT2D eigenvalue weighted by atomic mass is 127. The normalized spacial score (nSPS) is 27.9. The Morgan fingerprint density at radius 2 is 1.92 bits per heavy atom. The molecule has 22 heteroatoms. The van der Waals surface area contributed by atoms with Crippen LogP contribution in [0.4, 0.5) is 23.7 Å². The molecule has 61 heavy (non-hydrogen) atoms. The summed E-state index contributed by atoms with van der Waals surface area (Å²) in [6, 6.07) is 1.47. The fourth-order valence-electron chi connectivity index (χ4n) is 7.19. The number of rotatable bonds is 15. The lowest BCUT2D eigenvalue weighted by Gasteiger charge is -2.40. The van der Waals surface area contributed by atoms with Crippen LogP contribution in [0.15, 0.2) is 35.9 Å². The number of fused-ring (bicyclic) bond motifs is 5. The summed E-state index contributed by atoms with van der Waals surface area (Å²) in [5.74, 6) is -0.750. The number of alkyl carbamates (subject to hydrolysis) is 1. The molecule has 3 N–H and O–H groups in total. The van der Waals surface area contributed by atoms with Crippen LogP contribution in [0.5, 0.6) is 5.75 Å². The Kier molecular flexibility index (Phi) is 18.8. The Hall–Kier alpha value is -2.51. The van der Waals surface area contributed by atoms with Gasteiger partial charge >= 0.3 is 18.2 Å². The van der Waals surface area contributed by atoms with Gasteiger partial charge in [0.25, 0.3) is 0 Å². The van der Waals surface area contributed by atoms with Gasteiger partial charge in [0.1, 0.15) is 40.7 Å². The molecule has 342 valence electrons. The van der Waals surface area contributed by atoms with Gasteiger partial charge < -0.3 is 33.7 Å². The summed E-state index contributed by atoms with van der Waals surface area (Å²) in [6.45, 7) is 2.72. The van der Waals surface area contributed by atoms with Crippen LogP contribution in [0.2, 0.25) is 5.02 Å². The number of nitrogens with one attached hydrogen (secondary N) is 2. The maximum atomic E-state index is 14.3. The molecule has 0 radical (unpaired) electrons. The number of epoxide rings is 1. The largest absolute Gasteiger partial charge is 0.495 e. The van der Waals surface area contributed by atoms with Crippen LogP contribution in [-0.4, -0.2) is 138 Å². The molecule has 4 bridgehead atoms. The van der Waals surface area contributed by atoms with Crippen LogP contribution in [0.3, 0.4) is 0 Å². The van der Waals surface area contributed by atoms with Gasteiger partial charge in [-0.25, -0.2) is 4.79 Å². The molecule has 3 aliphatic heterocycles. The predicted molar refractivity (Wildman–Crippen MR) is 235 cm³/mol. The summed E-state index contributed by atoms with van der Waals surface area (Å²) >= 11 is 8.64. The lowest BCUT2D eigenvalue weighted by molar-refractivity contribution is -0.185. The van der Waals surface area contributed by atoms with Crippen molar-refractivity contribution in [1.82, 2.24) is 18.9 Å². The number of benzene rings is 1. The van der Waals surface area contributed by atoms with Crippen LogP contribution in [-0.2, 0) is 39.8 Å². The smallest absolute Gasteiger partial charge is 0.409 e. The summed E-state index contributed by atoms with van der Waals surface area (Å²) in [5.41, 5.74) is 1.30. The van der Waals surface area contributed by atoms with Crippen molar-refractivity contribution in [1.29, 1.82) is 0 Å². The number of amides is 3. The van der Waals surface area contributed by atoms with Gasteiger partial charge in [-0.1, -0.05) is 57.0 Å². The van der Waals surface area contributed by atoms with E-state index in [2.05, 4.69) is 10.7 Å². The van der Waals surface area contributed by atoms with Crippen molar-refractivity contribution in [3.05, 3.63) is 46.5 Å². The Balaban J connectivity index is 1.56. The first-order valence-corrected chi connectivity index (χ1v) is 23.2. The molecule has 1 unspecified atom stereocenters. The maximum absolute atomic E-state index is 14.3. The third kappa shape index (κ3) is 14.5. The number of aliphatic hydroxyl groups is 1. The third-order valence-corrected chi connectivity index (χ3v) is 13.7. The average Bonchev–Trinajstić information content (AvgIpc) is 3.81. The van der Waals surface area contributed by atoms with Gasteiger partial charge in [0.05, 0.1) is 31.9 Å². The molecule has 0 aliphatic carbocycles. The lowest BCUT2D eigenvalue weighted by Crippen LogP contribution is -2.62. The molecule has 7 atom stereocenters. The maximum Gasteiger partial charge on any atom is 0.409 e. The molecule has 1 aromatic carbocycles. The van der Waals surface area contributed by atoms with Gasteiger partial charge in [-0.3, -0.25) is 30.0 Å². The highest BCUT2D eigenvalue weighted by molar-refractivity contribution is 14.1. The number of methoxy groups -OCH3 is 2. The van der Waals surface area contributed by atoms with E-state index in [1.54, 1.807) is 38.3 Å². The Labute approximate surface area is 380 Å². The van der Waals surface area contributed by atoms with Crippen LogP contribution in [0, 0.1) is 0 Å². The second kappa shape index (κ2) is 22.4. The zero-order chi connectivity index (χ0) is 45.3. The van der Waals surface area contributed by atoms with E-state index in [4.69, 9.17) is 35.3 Å². The number of carbonyl (C=O) groups excluding carboxylic acids is 4. The second-order valence-corrected chi connectivity index (χ2v) is 19.9. The van der Waals surface area contributed by atoms with Crippen molar-refractivity contribution in [2.24, 2.45) is 0 Å². The van der Waals surface area contributed by atoms with Crippen LogP contribution in [0.25, 0.3) is 0 Å². The SMILES string of the molecule is COc1cc2cc(c1Cl)N(C)C(=O)C[C@H](OC(=O)CN(C)C(CCSSCCCC(=O)NN(C)I)C(F)(F)F)[C@]1(C)O[C@H]1C[C@@H]1C[C@@](O)(NC(=O)O1)[C@H](OC)/C=C/C=C(\C)C2. The van der Waals surface area contributed by atoms with Gasteiger partial charge in [-0.2, -0.15) is 16.4 Å². The average molecular weight is 1040 g/mol. The van der Waals surface area contributed by atoms with Crippen molar-refractivity contribution >= 4 is 85.6 Å². The number of hydrogen-bond donors (Lipinski definition) is 3. The first-order valence-electron chi connectivity index (χ1n) is 19.4. The summed E-state index contributed by atoms with van der Waals surface area (Å²) in [6.07, 6.45) is -4.10. The zero-order valence-corrected chi connectivity index (χ0v) is 39.6. The van der Waals surface area contributed by atoms with Crippen LogP contribution >= 0.6 is 56.1 Å². The van der Waals surface area contributed by atoms with Gasteiger partial charge in [-0.15, -0.1) is 0 Å². The van der Waals surface area contributed by atoms with E-state index in [-0.39, 0.29) is 42.4 Å². The molecule has 15 nitrogen and oxygen atoms in total. The molecule has 2 fully saturated rings. The monoisotopic (exact) mass is 1040 g/mol.